The Balaban J connectivity index is 1.65. The predicted octanol–water partition coefficient (Wildman–Crippen LogP) is 3.48. The maximum Gasteiger partial charge on any atom is 0.228 e. The van der Waals surface area contributed by atoms with Crippen LogP contribution in [-0.4, -0.2) is 43.5 Å². The van der Waals surface area contributed by atoms with E-state index in [4.69, 9.17) is 4.74 Å². The molecule has 29 heavy (non-hydrogen) atoms. The van der Waals surface area contributed by atoms with Gasteiger partial charge in [-0.05, 0) is 31.9 Å². The fourth-order valence-electron chi connectivity index (χ4n) is 3.44. The zero-order valence-corrected chi connectivity index (χ0v) is 16.2. The molecule has 0 unspecified atom stereocenters. The van der Waals surface area contributed by atoms with Crippen molar-refractivity contribution < 1.29 is 13.9 Å². The van der Waals surface area contributed by atoms with E-state index in [-0.39, 0.29) is 23.5 Å². The minimum atomic E-state index is -0.520. The number of hydrogen-bond acceptors (Lipinski definition) is 7. The Hall–Kier alpha value is -3.20. The number of ketones is 1. The highest BCUT2D eigenvalue weighted by atomic mass is 19.1. The molecule has 0 bridgehead atoms. The van der Waals surface area contributed by atoms with E-state index in [0.29, 0.717) is 30.3 Å². The topological polar surface area (TPSA) is 94.8 Å². The van der Waals surface area contributed by atoms with E-state index in [2.05, 4.69) is 25.3 Å². The molecule has 1 saturated heterocycles. The lowest BCUT2D eigenvalue weighted by Crippen LogP contribution is -2.21. The first-order valence-corrected chi connectivity index (χ1v) is 9.41. The van der Waals surface area contributed by atoms with Gasteiger partial charge in [0.25, 0.3) is 0 Å². The molecule has 1 aliphatic heterocycles. The second kappa shape index (κ2) is 8.04. The summed E-state index contributed by atoms with van der Waals surface area (Å²) in [6.45, 7) is 4.70. The fraction of sp³-hybridized carbons (Fsp3) is 0.350. The fourth-order valence-corrected chi connectivity index (χ4v) is 3.44. The van der Waals surface area contributed by atoms with Gasteiger partial charge in [-0.3, -0.25) is 9.78 Å². The first-order valence-electron chi connectivity index (χ1n) is 9.41. The first kappa shape index (κ1) is 19.1. The highest BCUT2D eigenvalue weighted by Crippen LogP contribution is 2.30. The molecular weight excluding hydrogens is 375 g/mol. The summed E-state index contributed by atoms with van der Waals surface area (Å²) in [4.78, 5) is 28.2. The van der Waals surface area contributed by atoms with Gasteiger partial charge < -0.3 is 14.6 Å². The molecule has 150 valence electrons. The SMILES string of the molecule is CC(=O)c1ccc(Nc2ncc(F)c(-c3cnc(C)n3C3CCOCC3)n2)cn1. The van der Waals surface area contributed by atoms with Crippen molar-refractivity contribution in [3.8, 4) is 11.4 Å². The number of carbonyl (C=O) groups excluding carboxylic acids is 1. The molecule has 0 radical (unpaired) electrons. The molecule has 0 atom stereocenters. The Bertz CT molecular complexity index is 1030. The van der Waals surface area contributed by atoms with Crippen LogP contribution in [0.2, 0.25) is 0 Å². The third-order valence-electron chi connectivity index (χ3n) is 4.90. The molecule has 3 aromatic rings. The van der Waals surface area contributed by atoms with Crippen molar-refractivity contribution in [2.45, 2.75) is 32.7 Å². The van der Waals surface area contributed by atoms with E-state index in [1.54, 1.807) is 18.3 Å². The van der Waals surface area contributed by atoms with E-state index < -0.39 is 5.82 Å². The van der Waals surface area contributed by atoms with Crippen molar-refractivity contribution in [3.63, 3.8) is 0 Å². The van der Waals surface area contributed by atoms with Gasteiger partial charge in [0.2, 0.25) is 5.95 Å². The number of imidazole rings is 1. The number of anilines is 2. The molecule has 9 heteroatoms. The minimum Gasteiger partial charge on any atom is -0.381 e. The van der Waals surface area contributed by atoms with Crippen molar-refractivity contribution in [1.82, 2.24) is 24.5 Å². The van der Waals surface area contributed by atoms with Crippen LogP contribution in [0.3, 0.4) is 0 Å². The summed E-state index contributed by atoms with van der Waals surface area (Å²) in [5.74, 6) is 0.405. The number of nitrogens with one attached hydrogen (secondary N) is 1. The van der Waals surface area contributed by atoms with Gasteiger partial charge in [0, 0.05) is 26.2 Å². The molecule has 3 aromatic heterocycles. The van der Waals surface area contributed by atoms with Crippen molar-refractivity contribution in [2.75, 3.05) is 18.5 Å². The van der Waals surface area contributed by atoms with Gasteiger partial charge >= 0.3 is 0 Å². The van der Waals surface area contributed by atoms with Crippen molar-refractivity contribution in [2.24, 2.45) is 0 Å². The Labute approximate surface area is 167 Å². The third-order valence-corrected chi connectivity index (χ3v) is 4.90. The second-order valence-corrected chi connectivity index (χ2v) is 6.91. The molecule has 0 saturated carbocycles. The van der Waals surface area contributed by atoms with Crippen LogP contribution in [0.5, 0.6) is 0 Å². The number of nitrogens with zero attached hydrogens (tertiary/aromatic N) is 5. The maximum atomic E-state index is 14.6. The number of ether oxygens (including phenoxy) is 1. The van der Waals surface area contributed by atoms with Gasteiger partial charge in [0.15, 0.2) is 11.6 Å². The summed E-state index contributed by atoms with van der Waals surface area (Å²) in [6.07, 6.45) is 5.98. The molecule has 0 amide bonds. The predicted molar refractivity (Wildman–Crippen MR) is 105 cm³/mol. The number of aryl methyl sites for hydroxylation is 1. The molecule has 1 aliphatic rings. The average molecular weight is 396 g/mol. The van der Waals surface area contributed by atoms with E-state index in [9.17, 15) is 9.18 Å². The van der Waals surface area contributed by atoms with Crippen LogP contribution < -0.4 is 5.32 Å². The van der Waals surface area contributed by atoms with Crippen LogP contribution in [0.25, 0.3) is 11.4 Å². The summed E-state index contributed by atoms with van der Waals surface area (Å²) in [6, 6.07) is 3.50. The standard InChI is InChI=1S/C20H21FN6O2/c1-12(28)17-4-3-14(9-23-17)25-20-24-10-16(21)19(26-20)18-11-22-13(2)27(18)15-5-7-29-8-6-15/h3-4,9-11,15H,5-8H2,1-2H3,(H,24,25,26). The smallest absolute Gasteiger partial charge is 0.228 e. The molecule has 8 nitrogen and oxygen atoms in total. The number of carbonyl (C=O) groups is 1. The maximum absolute atomic E-state index is 14.6. The summed E-state index contributed by atoms with van der Waals surface area (Å²) in [5, 5.41) is 3.00. The molecule has 4 rings (SSSR count). The summed E-state index contributed by atoms with van der Waals surface area (Å²) in [5.41, 5.74) is 1.76. The largest absolute Gasteiger partial charge is 0.381 e. The van der Waals surface area contributed by atoms with Crippen LogP contribution >= 0.6 is 0 Å². The Morgan fingerprint density at radius 1 is 1.17 bits per heavy atom. The lowest BCUT2D eigenvalue weighted by atomic mass is 10.1. The number of pyridine rings is 1. The normalized spacial score (nSPS) is 14.7. The lowest BCUT2D eigenvalue weighted by molar-refractivity contribution is 0.0694. The quantitative estimate of drug-likeness (QED) is 0.660. The van der Waals surface area contributed by atoms with Gasteiger partial charge in [-0.15, -0.1) is 0 Å². The van der Waals surface area contributed by atoms with Gasteiger partial charge in [-0.25, -0.2) is 19.3 Å². The highest BCUT2D eigenvalue weighted by Gasteiger charge is 2.23. The number of Topliss-reactive ketones (excluding diaryl/α,β-unsaturated/α-hetero) is 1. The average Bonchev–Trinajstić information content (AvgIpc) is 3.11. The highest BCUT2D eigenvalue weighted by molar-refractivity contribution is 5.92. The van der Waals surface area contributed by atoms with Crippen molar-refractivity contribution in [3.05, 3.63) is 48.1 Å². The summed E-state index contributed by atoms with van der Waals surface area (Å²) >= 11 is 0. The van der Waals surface area contributed by atoms with E-state index in [0.717, 1.165) is 24.9 Å². The van der Waals surface area contributed by atoms with Gasteiger partial charge in [0.05, 0.1) is 30.0 Å². The van der Waals surface area contributed by atoms with E-state index >= 15 is 0 Å². The Morgan fingerprint density at radius 3 is 2.66 bits per heavy atom. The second-order valence-electron chi connectivity index (χ2n) is 6.91. The van der Waals surface area contributed by atoms with E-state index in [1.807, 2.05) is 11.5 Å². The summed E-state index contributed by atoms with van der Waals surface area (Å²) in [7, 11) is 0. The number of rotatable bonds is 5. The molecule has 1 fully saturated rings. The number of aromatic nitrogens is 5. The van der Waals surface area contributed by atoms with Crippen LogP contribution in [0.4, 0.5) is 16.0 Å². The molecule has 0 aliphatic carbocycles. The zero-order valence-electron chi connectivity index (χ0n) is 16.2. The zero-order chi connectivity index (χ0) is 20.4. The van der Waals surface area contributed by atoms with Crippen molar-refractivity contribution in [1.29, 1.82) is 0 Å². The van der Waals surface area contributed by atoms with Crippen LogP contribution in [0.15, 0.2) is 30.7 Å². The monoisotopic (exact) mass is 396 g/mol. The molecule has 0 aromatic carbocycles. The van der Waals surface area contributed by atoms with Gasteiger partial charge in [0.1, 0.15) is 17.2 Å². The minimum absolute atomic E-state index is 0.117. The molecule has 0 spiro atoms. The first-order chi connectivity index (χ1) is 14.0. The molecule has 1 N–H and O–H groups in total. The Kier molecular flexibility index (Phi) is 5.30. The van der Waals surface area contributed by atoms with E-state index in [1.165, 1.54) is 13.1 Å². The van der Waals surface area contributed by atoms with Crippen LogP contribution in [0.1, 0.15) is 42.1 Å². The number of halogens is 1. The summed E-state index contributed by atoms with van der Waals surface area (Å²) < 4.78 is 22.1. The van der Waals surface area contributed by atoms with Crippen LogP contribution in [-0.2, 0) is 4.74 Å². The third kappa shape index (κ3) is 4.00. The van der Waals surface area contributed by atoms with Crippen molar-refractivity contribution >= 4 is 17.4 Å². The molecular formula is C20H21FN6O2. The van der Waals surface area contributed by atoms with Gasteiger partial charge in [-0.2, -0.15) is 0 Å². The molecule has 4 heterocycles. The lowest BCUT2D eigenvalue weighted by Gasteiger charge is -2.26. The number of hydrogen-bond donors (Lipinski definition) is 1. The van der Waals surface area contributed by atoms with Gasteiger partial charge in [-0.1, -0.05) is 0 Å². The van der Waals surface area contributed by atoms with Crippen LogP contribution in [0, 0.1) is 12.7 Å². The Morgan fingerprint density at radius 2 is 1.97 bits per heavy atom.